The molecule has 2 aliphatic heterocycles. The van der Waals surface area contributed by atoms with Crippen LogP contribution in [-0.4, -0.2) is 45.4 Å². The third-order valence-electron chi connectivity index (χ3n) is 5.58. The Hall–Kier alpha value is -1.64. The highest BCUT2D eigenvalue weighted by atomic mass is 32.2. The van der Waals surface area contributed by atoms with E-state index in [9.17, 15) is 13.2 Å². The summed E-state index contributed by atoms with van der Waals surface area (Å²) in [7, 11) is 0. The van der Waals surface area contributed by atoms with E-state index in [0.29, 0.717) is 11.1 Å². The highest BCUT2D eigenvalue weighted by Gasteiger charge is 2.52. The molecule has 0 bridgehead atoms. The smallest absolute Gasteiger partial charge is 0.298 e. The van der Waals surface area contributed by atoms with Crippen molar-refractivity contribution in [2.24, 2.45) is 5.41 Å². The summed E-state index contributed by atoms with van der Waals surface area (Å²) in [4.78, 5) is 11.4. The van der Waals surface area contributed by atoms with Crippen LogP contribution in [0.4, 0.5) is 13.2 Å². The molecular weight excluding hydrogens is 385 g/mol. The fourth-order valence-electron chi connectivity index (χ4n) is 4.11. The van der Waals surface area contributed by atoms with Crippen molar-refractivity contribution < 1.29 is 13.2 Å². The van der Waals surface area contributed by atoms with Gasteiger partial charge in [0.25, 0.3) is 0 Å². The van der Waals surface area contributed by atoms with Gasteiger partial charge in [-0.1, -0.05) is 0 Å². The van der Waals surface area contributed by atoms with Gasteiger partial charge in [-0.2, -0.15) is 13.2 Å². The number of rotatable bonds is 4. The van der Waals surface area contributed by atoms with Crippen LogP contribution in [0.25, 0.3) is 0 Å². The molecule has 0 amide bonds. The van der Waals surface area contributed by atoms with Gasteiger partial charge in [0.1, 0.15) is 5.69 Å². The predicted molar refractivity (Wildman–Crippen MR) is 103 cm³/mol. The van der Waals surface area contributed by atoms with Crippen LogP contribution in [0.15, 0.2) is 29.3 Å². The van der Waals surface area contributed by atoms with E-state index < -0.39 is 11.9 Å². The minimum atomic E-state index is -4.39. The van der Waals surface area contributed by atoms with Gasteiger partial charge in [0.2, 0.25) is 0 Å². The van der Waals surface area contributed by atoms with E-state index in [4.69, 9.17) is 0 Å². The molecule has 2 aliphatic rings. The average molecular weight is 408 g/mol. The normalized spacial score (nSPS) is 19.5. The molecule has 8 heteroatoms. The molecule has 4 rings (SSSR count). The number of halogens is 3. The van der Waals surface area contributed by atoms with Crippen molar-refractivity contribution >= 4 is 11.9 Å². The van der Waals surface area contributed by atoms with Crippen molar-refractivity contribution in [3.8, 4) is 0 Å². The first-order chi connectivity index (χ1) is 13.2. The van der Waals surface area contributed by atoms with Gasteiger partial charge >= 0.3 is 6.18 Å². The van der Waals surface area contributed by atoms with Crippen LogP contribution in [-0.2, 0) is 12.7 Å². The van der Waals surface area contributed by atoms with E-state index >= 15 is 0 Å². The molecule has 2 saturated heterocycles. The minimum Gasteiger partial charge on any atom is -0.298 e. The lowest BCUT2D eigenvalue weighted by molar-refractivity contribution is -0.141. The highest BCUT2D eigenvalue weighted by Crippen LogP contribution is 2.45. The summed E-state index contributed by atoms with van der Waals surface area (Å²) >= 11 is 1.51. The molecule has 150 valence electrons. The Morgan fingerprint density at radius 3 is 2.36 bits per heavy atom. The standard InChI is InChI=1S/C20H23F3N4S/c1-13-6-7-24-14(2)16(13)8-26-9-19(10-26)11-27(12-19)28-17-4-5-18(20(21,22)23)25-15(17)3/h4-7H,8-12H2,1-3H3. The summed E-state index contributed by atoms with van der Waals surface area (Å²) in [6.45, 7) is 10.8. The van der Waals surface area contributed by atoms with Gasteiger partial charge in [0, 0.05) is 54.9 Å². The number of hydrogen-bond donors (Lipinski definition) is 0. The second kappa shape index (κ2) is 7.00. The van der Waals surface area contributed by atoms with Gasteiger partial charge in [-0.15, -0.1) is 0 Å². The quantitative estimate of drug-likeness (QED) is 0.707. The van der Waals surface area contributed by atoms with Crippen molar-refractivity contribution in [3.63, 3.8) is 0 Å². The zero-order valence-electron chi connectivity index (χ0n) is 16.2. The monoisotopic (exact) mass is 408 g/mol. The molecule has 2 fully saturated rings. The number of alkyl halides is 3. The zero-order valence-corrected chi connectivity index (χ0v) is 17.0. The van der Waals surface area contributed by atoms with Crippen molar-refractivity contribution in [1.29, 1.82) is 0 Å². The first kappa shape index (κ1) is 19.7. The maximum Gasteiger partial charge on any atom is 0.433 e. The molecule has 0 N–H and O–H groups in total. The highest BCUT2D eigenvalue weighted by molar-refractivity contribution is 7.97. The Kier molecular flexibility index (Phi) is 4.92. The lowest BCUT2D eigenvalue weighted by Crippen LogP contribution is -2.70. The van der Waals surface area contributed by atoms with E-state index in [2.05, 4.69) is 39.1 Å². The Morgan fingerprint density at radius 1 is 1.04 bits per heavy atom. The van der Waals surface area contributed by atoms with Crippen LogP contribution < -0.4 is 0 Å². The first-order valence-electron chi connectivity index (χ1n) is 9.26. The SMILES string of the molecule is Cc1ccnc(C)c1CN1CC2(C1)CN(Sc1ccc(C(F)(F)F)nc1C)C2. The fraction of sp³-hybridized carbons (Fsp3) is 0.500. The maximum absolute atomic E-state index is 12.7. The van der Waals surface area contributed by atoms with Gasteiger partial charge in [-0.05, 0) is 62.0 Å². The van der Waals surface area contributed by atoms with E-state index in [1.54, 1.807) is 6.92 Å². The number of nitrogens with zero attached hydrogens (tertiary/aromatic N) is 4. The van der Waals surface area contributed by atoms with Crippen LogP contribution in [0, 0.1) is 26.2 Å². The third-order valence-corrected chi connectivity index (χ3v) is 6.73. The largest absolute Gasteiger partial charge is 0.433 e. The lowest BCUT2D eigenvalue weighted by atomic mass is 9.74. The Bertz CT molecular complexity index is 865. The van der Waals surface area contributed by atoms with Gasteiger partial charge in [-0.25, -0.2) is 9.29 Å². The van der Waals surface area contributed by atoms with Crippen LogP contribution in [0.3, 0.4) is 0 Å². The van der Waals surface area contributed by atoms with Gasteiger partial charge in [0.05, 0.1) is 5.69 Å². The summed E-state index contributed by atoms with van der Waals surface area (Å²) in [6.07, 6.45) is -2.54. The summed E-state index contributed by atoms with van der Waals surface area (Å²) in [5.74, 6) is 0. The molecule has 2 aromatic heterocycles. The topological polar surface area (TPSA) is 32.3 Å². The van der Waals surface area contributed by atoms with Crippen LogP contribution in [0.1, 0.15) is 28.2 Å². The number of hydrogen-bond acceptors (Lipinski definition) is 5. The first-order valence-corrected chi connectivity index (χ1v) is 10.0. The zero-order chi connectivity index (χ0) is 20.1. The van der Waals surface area contributed by atoms with E-state index in [-0.39, 0.29) is 0 Å². The number of aryl methyl sites for hydroxylation is 3. The fourth-order valence-corrected chi connectivity index (χ4v) is 5.37. The summed E-state index contributed by atoms with van der Waals surface area (Å²) in [5, 5.41) is 0. The molecule has 0 saturated carbocycles. The average Bonchev–Trinajstić information content (AvgIpc) is 2.54. The number of pyridine rings is 2. The second-order valence-electron chi connectivity index (χ2n) is 8.00. The summed E-state index contributed by atoms with van der Waals surface area (Å²) < 4.78 is 40.5. The van der Waals surface area contributed by atoms with Crippen molar-refractivity contribution in [2.75, 3.05) is 26.2 Å². The molecule has 0 aromatic carbocycles. The van der Waals surface area contributed by atoms with Crippen molar-refractivity contribution in [3.05, 3.63) is 52.6 Å². The summed E-state index contributed by atoms with van der Waals surface area (Å²) in [6, 6.07) is 4.65. The lowest BCUT2D eigenvalue weighted by Gasteiger charge is -2.60. The molecular formula is C20H23F3N4S. The van der Waals surface area contributed by atoms with Crippen molar-refractivity contribution in [1.82, 2.24) is 19.2 Å². The number of likely N-dealkylation sites (tertiary alicyclic amines) is 1. The molecule has 1 spiro atoms. The molecule has 2 aromatic rings. The maximum atomic E-state index is 12.7. The molecule has 28 heavy (non-hydrogen) atoms. The summed E-state index contributed by atoms with van der Waals surface area (Å²) in [5.41, 5.74) is 3.61. The van der Waals surface area contributed by atoms with Crippen LogP contribution in [0.5, 0.6) is 0 Å². The van der Waals surface area contributed by atoms with E-state index in [0.717, 1.165) is 49.4 Å². The van der Waals surface area contributed by atoms with Gasteiger partial charge in [0.15, 0.2) is 0 Å². The Labute approximate surface area is 167 Å². The minimum absolute atomic E-state index is 0.324. The second-order valence-corrected chi connectivity index (χ2v) is 9.14. The molecule has 0 aliphatic carbocycles. The van der Waals surface area contributed by atoms with E-state index in [1.165, 1.54) is 29.1 Å². The van der Waals surface area contributed by atoms with E-state index in [1.807, 2.05) is 6.20 Å². The third kappa shape index (κ3) is 3.77. The Morgan fingerprint density at radius 2 is 1.75 bits per heavy atom. The van der Waals surface area contributed by atoms with Crippen molar-refractivity contribution in [2.45, 2.75) is 38.4 Å². The number of aromatic nitrogens is 2. The van der Waals surface area contributed by atoms with Gasteiger partial charge in [-0.3, -0.25) is 9.88 Å². The molecule has 4 nitrogen and oxygen atoms in total. The van der Waals surface area contributed by atoms with Crippen LogP contribution >= 0.6 is 11.9 Å². The molecule has 0 atom stereocenters. The van der Waals surface area contributed by atoms with Crippen LogP contribution in [0.2, 0.25) is 0 Å². The molecule has 0 radical (unpaired) electrons. The molecule has 4 heterocycles. The predicted octanol–water partition coefficient (Wildman–Crippen LogP) is 4.25. The Balaban J connectivity index is 1.29. The van der Waals surface area contributed by atoms with Gasteiger partial charge < -0.3 is 0 Å². The molecule has 0 unspecified atom stereocenters.